The number of aromatic nitrogens is 2. The fourth-order valence-electron chi connectivity index (χ4n) is 1.61. The van der Waals surface area contributed by atoms with E-state index in [4.69, 9.17) is 15.2 Å². The van der Waals surface area contributed by atoms with Gasteiger partial charge in [-0.1, -0.05) is 6.07 Å². The molecule has 1 aromatic carbocycles. The molecule has 5 nitrogen and oxygen atoms in total. The van der Waals surface area contributed by atoms with Crippen LogP contribution in [0.4, 0.5) is 5.82 Å². The number of nitrogens with two attached hydrogens (primary N) is 1. The summed E-state index contributed by atoms with van der Waals surface area (Å²) in [6, 6.07) is 8.08. The molecule has 0 unspecified atom stereocenters. The number of nitrogens with zero attached hydrogens (tertiary/aromatic N) is 2. The first kappa shape index (κ1) is 12.3. The van der Waals surface area contributed by atoms with Crippen LogP contribution in [0.3, 0.4) is 0 Å². The average Bonchev–Trinajstić information content (AvgIpc) is 2.70. The standard InChI is InChI=1S/C13H17N3O2/c1-9(2)16-8-12(14)15-13(16)18-11-6-4-5-10(7-11)17-3/h4-9H,14H2,1-3H3. The van der Waals surface area contributed by atoms with Crippen molar-refractivity contribution >= 4 is 5.82 Å². The summed E-state index contributed by atoms with van der Waals surface area (Å²) >= 11 is 0. The minimum atomic E-state index is 0.232. The maximum absolute atomic E-state index is 5.73. The van der Waals surface area contributed by atoms with Crippen LogP contribution < -0.4 is 15.2 Å². The first-order valence-corrected chi connectivity index (χ1v) is 5.76. The van der Waals surface area contributed by atoms with E-state index in [9.17, 15) is 0 Å². The summed E-state index contributed by atoms with van der Waals surface area (Å²) < 4.78 is 12.8. The van der Waals surface area contributed by atoms with Crippen molar-refractivity contribution in [2.75, 3.05) is 12.8 Å². The molecular weight excluding hydrogens is 230 g/mol. The molecule has 0 amide bonds. The van der Waals surface area contributed by atoms with Crippen LogP contribution in [0.25, 0.3) is 0 Å². The monoisotopic (exact) mass is 247 g/mol. The van der Waals surface area contributed by atoms with Gasteiger partial charge in [-0.05, 0) is 26.0 Å². The van der Waals surface area contributed by atoms with Crippen molar-refractivity contribution in [3.05, 3.63) is 30.5 Å². The van der Waals surface area contributed by atoms with E-state index in [2.05, 4.69) is 4.98 Å². The van der Waals surface area contributed by atoms with Gasteiger partial charge in [0.15, 0.2) is 0 Å². The number of rotatable bonds is 4. The molecule has 0 fully saturated rings. The van der Waals surface area contributed by atoms with Gasteiger partial charge in [0.2, 0.25) is 0 Å². The first-order valence-electron chi connectivity index (χ1n) is 5.76. The Hall–Kier alpha value is -2.17. The Morgan fingerprint density at radius 1 is 1.28 bits per heavy atom. The van der Waals surface area contributed by atoms with E-state index in [-0.39, 0.29) is 6.04 Å². The topological polar surface area (TPSA) is 62.3 Å². The van der Waals surface area contributed by atoms with Crippen molar-refractivity contribution in [1.82, 2.24) is 9.55 Å². The van der Waals surface area contributed by atoms with Gasteiger partial charge in [-0.2, -0.15) is 4.98 Å². The molecule has 1 aromatic heterocycles. The zero-order valence-corrected chi connectivity index (χ0v) is 10.8. The normalized spacial score (nSPS) is 10.7. The molecule has 0 aliphatic rings. The van der Waals surface area contributed by atoms with Gasteiger partial charge < -0.3 is 15.2 Å². The maximum atomic E-state index is 5.73. The fraction of sp³-hybridized carbons (Fsp3) is 0.308. The Morgan fingerprint density at radius 3 is 2.67 bits per heavy atom. The van der Waals surface area contributed by atoms with Crippen LogP contribution in [-0.2, 0) is 0 Å². The van der Waals surface area contributed by atoms with E-state index < -0.39 is 0 Å². The van der Waals surface area contributed by atoms with Crippen LogP contribution in [-0.4, -0.2) is 16.7 Å². The predicted molar refractivity (Wildman–Crippen MR) is 70.1 cm³/mol. The van der Waals surface area contributed by atoms with E-state index in [1.54, 1.807) is 19.4 Å². The molecule has 0 saturated heterocycles. The number of anilines is 1. The Labute approximate surface area is 106 Å². The SMILES string of the molecule is COc1cccc(Oc2nc(N)cn2C(C)C)c1. The second kappa shape index (κ2) is 5.00. The van der Waals surface area contributed by atoms with Gasteiger partial charge in [0.1, 0.15) is 17.3 Å². The molecule has 0 aliphatic heterocycles. The second-order valence-corrected chi connectivity index (χ2v) is 4.23. The van der Waals surface area contributed by atoms with Gasteiger partial charge in [-0.3, -0.25) is 4.57 Å². The van der Waals surface area contributed by atoms with Crippen molar-refractivity contribution in [1.29, 1.82) is 0 Å². The molecule has 0 atom stereocenters. The van der Waals surface area contributed by atoms with Crippen molar-refractivity contribution in [2.45, 2.75) is 19.9 Å². The van der Waals surface area contributed by atoms with Crippen molar-refractivity contribution in [3.63, 3.8) is 0 Å². The minimum absolute atomic E-state index is 0.232. The van der Waals surface area contributed by atoms with Gasteiger partial charge >= 0.3 is 6.01 Å². The lowest BCUT2D eigenvalue weighted by atomic mass is 10.3. The molecule has 0 saturated carbocycles. The van der Waals surface area contributed by atoms with E-state index in [1.807, 2.05) is 36.6 Å². The molecular formula is C13H17N3O2. The summed E-state index contributed by atoms with van der Waals surface area (Å²) in [6.45, 7) is 4.08. The van der Waals surface area contributed by atoms with Crippen LogP contribution in [0, 0.1) is 0 Å². The van der Waals surface area contributed by atoms with Gasteiger partial charge in [-0.25, -0.2) is 0 Å². The Morgan fingerprint density at radius 2 is 2.00 bits per heavy atom. The van der Waals surface area contributed by atoms with Crippen molar-refractivity contribution < 1.29 is 9.47 Å². The molecule has 0 aliphatic carbocycles. The number of imidazole rings is 1. The zero-order valence-electron chi connectivity index (χ0n) is 10.8. The molecule has 0 radical (unpaired) electrons. The minimum Gasteiger partial charge on any atom is -0.497 e. The summed E-state index contributed by atoms with van der Waals surface area (Å²) in [5.74, 6) is 1.85. The van der Waals surface area contributed by atoms with Crippen LogP contribution in [0.15, 0.2) is 30.5 Å². The number of hydrogen-bond donors (Lipinski definition) is 1. The highest BCUT2D eigenvalue weighted by Gasteiger charge is 2.11. The number of hydrogen-bond acceptors (Lipinski definition) is 4. The van der Waals surface area contributed by atoms with Gasteiger partial charge in [0.25, 0.3) is 0 Å². The van der Waals surface area contributed by atoms with Gasteiger partial charge in [0.05, 0.1) is 13.3 Å². The third kappa shape index (κ3) is 2.56. The lowest BCUT2D eigenvalue weighted by Gasteiger charge is -2.11. The fourth-order valence-corrected chi connectivity index (χ4v) is 1.61. The lowest BCUT2D eigenvalue weighted by molar-refractivity contribution is 0.385. The van der Waals surface area contributed by atoms with Crippen molar-refractivity contribution in [3.8, 4) is 17.5 Å². The molecule has 2 aromatic rings. The quantitative estimate of drug-likeness (QED) is 0.902. The summed E-state index contributed by atoms with van der Waals surface area (Å²) in [6.07, 6.45) is 1.76. The maximum Gasteiger partial charge on any atom is 0.304 e. The smallest absolute Gasteiger partial charge is 0.304 e. The molecule has 5 heteroatoms. The highest BCUT2D eigenvalue weighted by molar-refractivity contribution is 5.36. The molecule has 96 valence electrons. The number of ether oxygens (including phenoxy) is 2. The highest BCUT2D eigenvalue weighted by Crippen LogP contribution is 2.27. The van der Waals surface area contributed by atoms with Crippen molar-refractivity contribution in [2.24, 2.45) is 0 Å². The third-order valence-corrected chi connectivity index (χ3v) is 2.52. The van der Waals surface area contributed by atoms with E-state index >= 15 is 0 Å². The average molecular weight is 247 g/mol. The summed E-state index contributed by atoms with van der Waals surface area (Å²) in [7, 11) is 1.62. The van der Waals surface area contributed by atoms with Crippen LogP contribution >= 0.6 is 0 Å². The Kier molecular flexibility index (Phi) is 3.41. The highest BCUT2D eigenvalue weighted by atomic mass is 16.5. The van der Waals surface area contributed by atoms with E-state index in [1.165, 1.54) is 0 Å². The van der Waals surface area contributed by atoms with Gasteiger partial charge in [0, 0.05) is 12.1 Å². The molecule has 2 rings (SSSR count). The van der Waals surface area contributed by atoms with Gasteiger partial charge in [-0.15, -0.1) is 0 Å². The third-order valence-electron chi connectivity index (χ3n) is 2.52. The van der Waals surface area contributed by atoms with E-state index in [0.29, 0.717) is 17.6 Å². The number of nitrogen functional groups attached to an aromatic ring is 1. The largest absolute Gasteiger partial charge is 0.497 e. The number of benzene rings is 1. The molecule has 1 heterocycles. The molecule has 2 N–H and O–H groups in total. The summed E-state index contributed by atoms with van der Waals surface area (Å²) in [4.78, 5) is 4.16. The second-order valence-electron chi connectivity index (χ2n) is 4.23. The Balaban J connectivity index is 2.27. The van der Waals surface area contributed by atoms with Crippen LogP contribution in [0.1, 0.15) is 19.9 Å². The predicted octanol–water partition coefficient (Wildman–Crippen LogP) is 2.85. The number of methoxy groups -OCH3 is 1. The summed E-state index contributed by atoms with van der Waals surface area (Å²) in [5, 5.41) is 0. The Bertz CT molecular complexity index is 535. The summed E-state index contributed by atoms with van der Waals surface area (Å²) in [5.41, 5.74) is 5.69. The molecule has 18 heavy (non-hydrogen) atoms. The van der Waals surface area contributed by atoms with E-state index in [0.717, 1.165) is 5.75 Å². The van der Waals surface area contributed by atoms with Crippen LogP contribution in [0.2, 0.25) is 0 Å². The lowest BCUT2D eigenvalue weighted by Crippen LogP contribution is -2.02. The molecule has 0 spiro atoms. The zero-order chi connectivity index (χ0) is 13.1. The molecule has 0 bridgehead atoms. The van der Waals surface area contributed by atoms with Crippen LogP contribution in [0.5, 0.6) is 17.5 Å². The first-order chi connectivity index (χ1) is 8.60.